The van der Waals surface area contributed by atoms with Crippen LogP contribution in [-0.4, -0.2) is 53.3 Å². The third-order valence-electron chi connectivity index (χ3n) is 5.37. The normalized spacial score (nSPS) is 14.0. The molecular formula is C21H26N8O3. The lowest BCUT2D eigenvalue weighted by Gasteiger charge is -2.28. The summed E-state index contributed by atoms with van der Waals surface area (Å²) >= 11 is 0. The topological polar surface area (TPSA) is 167 Å². The highest BCUT2D eigenvalue weighted by molar-refractivity contribution is 6.00. The molecule has 0 aliphatic carbocycles. The standard InChI is InChI=1S/C21H26N8O3/c22-6-1-7-29-18(23)16(19(24)31)17(30)15-12-25-21(27-20(15)29)26-13-2-4-14(5-3-13)28-8-10-32-11-9-28/h2-5,12H,1,6-11,22-23H2,(H2,24,31)(H,25,26,27). The van der Waals surface area contributed by atoms with Gasteiger partial charge in [0, 0.05) is 37.2 Å². The lowest BCUT2D eigenvalue weighted by Crippen LogP contribution is -2.36. The third kappa shape index (κ3) is 4.20. The molecule has 2 aromatic heterocycles. The first-order valence-corrected chi connectivity index (χ1v) is 10.4. The van der Waals surface area contributed by atoms with Crippen LogP contribution in [0.1, 0.15) is 16.8 Å². The van der Waals surface area contributed by atoms with Gasteiger partial charge in [0.2, 0.25) is 11.4 Å². The smallest absolute Gasteiger partial charge is 0.256 e. The number of nitrogens with two attached hydrogens (primary N) is 3. The van der Waals surface area contributed by atoms with Crippen LogP contribution in [0.4, 0.5) is 23.1 Å². The molecule has 1 aromatic carbocycles. The van der Waals surface area contributed by atoms with Gasteiger partial charge in [-0.1, -0.05) is 0 Å². The first kappa shape index (κ1) is 21.5. The summed E-state index contributed by atoms with van der Waals surface area (Å²) in [7, 11) is 0. The van der Waals surface area contributed by atoms with E-state index < -0.39 is 11.3 Å². The Balaban J connectivity index is 1.67. The predicted octanol–water partition coefficient (Wildman–Crippen LogP) is 0.402. The molecule has 0 radical (unpaired) electrons. The number of pyridine rings is 1. The molecular weight excluding hydrogens is 412 g/mol. The summed E-state index contributed by atoms with van der Waals surface area (Å²) in [5, 5.41) is 3.31. The quantitative estimate of drug-likeness (QED) is 0.408. The molecule has 32 heavy (non-hydrogen) atoms. The van der Waals surface area contributed by atoms with E-state index in [-0.39, 0.29) is 16.8 Å². The Hall–Kier alpha value is -3.70. The Morgan fingerprint density at radius 1 is 1.19 bits per heavy atom. The number of carbonyl (C=O) groups is 1. The number of morpholine rings is 1. The average Bonchev–Trinajstić information content (AvgIpc) is 2.80. The molecule has 0 bridgehead atoms. The third-order valence-corrected chi connectivity index (χ3v) is 5.37. The number of rotatable bonds is 7. The van der Waals surface area contributed by atoms with Gasteiger partial charge in [-0.2, -0.15) is 4.98 Å². The minimum absolute atomic E-state index is 0.0250. The van der Waals surface area contributed by atoms with E-state index in [1.807, 2.05) is 24.3 Å². The van der Waals surface area contributed by atoms with Gasteiger partial charge in [-0.05, 0) is 37.2 Å². The van der Waals surface area contributed by atoms with Crippen LogP contribution in [0.5, 0.6) is 0 Å². The van der Waals surface area contributed by atoms with Crippen molar-refractivity contribution in [3.05, 3.63) is 46.2 Å². The Morgan fingerprint density at radius 3 is 2.56 bits per heavy atom. The Labute approximate surface area is 184 Å². The summed E-state index contributed by atoms with van der Waals surface area (Å²) in [5.41, 5.74) is 18.5. The molecule has 1 saturated heterocycles. The van der Waals surface area contributed by atoms with Gasteiger partial charge in [0.25, 0.3) is 5.91 Å². The molecule has 11 nitrogen and oxygen atoms in total. The molecule has 3 heterocycles. The second-order valence-electron chi connectivity index (χ2n) is 7.45. The van der Waals surface area contributed by atoms with Crippen LogP contribution in [0.3, 0.4) is 0 Å². The van der Waals surface area contributed by atoms with E-state index >= 15 is 0 Å². The van der Waals surface area contributed by atoms with Crippen molar-refractivity contribution < 1.29 is 9.53 Å². The number of hydrogen-bond acceptors (Lipinski definition) is 9. The van der Waals surface area contributed by atoms with Gasteiger partial charge in [-0.15, -0.1) is 0 Å². The summed E-state index contributed by atoms with van der Waals surface area (Å²) in [4.78, 5) is 35.5. The van der Waals surface area contributed by atoms with E-state index in [0.717, 1.165) is 37.7 Å². The first-order valence-electron chi connectivity index (χ1n) is 10.4. The number of aromatic nitrogens is 3. The van der Waals surface area contributed by atoms with Gasteiger partial charge < -0.3 is 36.7 Å². The Morgan fingerprint density at radius 2 is 1.91 bits per heavy atom. The number of nitrogens with one attached hydrogen (secondary N) is 1. The minimum atomic E-state index is -0.890. The lowest BCUT2D eigenvalue weighted by molar-refractivity contribution is 0.0999. The molecule has 0 spiro atoms. The summed E-state index contributed by atoms with van der Waals surface area (Å²) in [6.45, 7) is 3.94. The second kappa shape index (κ2) is 9.20. The summed E-state index contributed by atoms with van der Waals surface area (Å²) in [6, 6.07) is 7.90. The summed E-state index contributed by atoms with van der Waals surface area (Å²) in [5.74, 6) is -0.620. The fourth-order valence-electron chi connectivity index (χ4n) is 3.72. The number of anilines is 4. The fourth-order valence-corrected chi connectivity index (χ4v) is 3.72. The zero-order valence-corrected chi connectivity index (χ0v) is 17.6. The number of benzene rings is 1. The van der Waals surface area contributed by atoms with Crippen molar-refractivity contribution in [2.75, 3.05) is 48.8 Å². The molecule has 7 N–H and O–H groups in total. The maximum absolute atomic E-state index is 12.7. The monoisotopic (exact) mass is 438 g/mol. The average molecular weight is 438 g/mol. The van der Waals surface area contributed by atoms with E-state index in [2.05, 4.69) is 20.2 Å². The van der Waals surface area contributed by atoms with Crippen molar-refractivity contribution in [3.63, 3.8) is 0 Å². The molecule has 11 heteroatoms. The molecule has 0 saturated carbocycles. The van der Waals surface area contributed by atoms with Crippen LogP contribution in [0.15, 0.2) is 35.3 Å². The lowest BCUT2D eigenvalue weighted by atomic mass is 10.1. The van der Waals surface area contributed by atoms with Gasteiger partial charge in [0.15, 0.2) is 5.65 Å². The Bertz CT molecular complexity index is 1190. The number of fused-ring (bicyclic) bond motifs is 1. The highest BCUT2D eigenvalue weighted by Crippen LogP contribution is 2.22. The zero-order valence-electron chi connectivity index (χ0n) is 17.6. The summed E-state index contributed by atoms with van der Waals surface area (Å²) < 4.78 is 6.98. The highest BCUT2D eigenvalue weighted by Gasteiger charge is 2.20. The van der Waals surface area contributed by atoms with Crippen molar-refractivity contribution in [1.82, 2.24) is 14.5 Å². The van der Waals surface area contributed by atoms with Gasteiger partial charge in [0.1, 0.15) is 11.4 Å². The van der Waals surface area contributed by atoms with Crippen molar-refractivity contribution >= 4 is 40.1 Å². The van der Waals surface area contributed by atoms with Crippen LogP contribution in [0.2, 0.25) is 0 Å². The van der Waals surface area contributed by atoms with Crippen LogP contribution >= 0.6 is 0 Å². The zero-order chi connectivity index (χ0) is 22.7. The molecule has 1 amide bonds. The summed E-state index contributed by atoms with van der Waals surface area (Å²) in [6.07, 6.45) is 1.95. The number of amides is 1. The van der Waals surface area contributed by atoms with Gasteiger partial charge >= 0.3 is 0 Å². The molecule has 168 valence electrons. The number of hydrogen-bond donors (Lipinski definition) is 4. The van der Waals surface area contributed by atoms with Crippen LogP contribution in [0.25, 0.3) is 11.0 Å². The molecule has 1 aliphatic heterocycles. The molecule has 3 aromatic rings. The minimum Gasteiger partial charge on any atom is -0.384 e. The van der Waals surface area contributed by atoms with E-state index in [1.54, 1.807) is 4.57 Å². The van der Waals surface area contributed by atoms with Crippen molar-refractivity contribution in [1.29, 1.82) is 0 Å². The SMILES string of the molecule is NCCCn1c(N)c(C(N)=O)c(=O)c2cnc(Nc3ccc(N4CCOCC4)cc3)nc21. The Kier molecular flexibility index (Phi) is 6.19. The largest absolute Gasteiger partial charge is 0.384 e. The van der Waals surface area contributed by atoms with E-state index in [0.29, 0.717) is 31.1 Å². The number of nitrogen functional groups attached to an aromatic ring is 1. The van der Waals surface area contributed by atoms with E-state index in [4.69, 9.17) is 21.9 Å². The molecule has 4 rings (SSSR count). The molecule has 0 atom stereocenters. The maximum Gasteiger partial charge on any atom is 0.256 e. The number of primary amides is 1. The first-order chi connectivity index (χ1) is 15.5. The van der Waals surface area contributed by atoms with Gasteiger partial charge in [0.05, 0.1) is 18.6 Å². The van der Waals surface area contributed by atoms with E-state index in [1.165, 1.54) is 6.20 Å². The second-order valence-corrected chi connectivity index (χ2v) is 7.45. The van der Waals surface area contributed by atoms with Crippen molar-refractivity contribution in [3.8, 4) is 0 Å². The number of carbonyl (C=O) groups excluding carboxylic acids is 1. The van der Waals surface area contributed by atoms with E-state index in [9.17, 15) is 9.59 Å². The fraction of sp³-hybridized carbons (Fsp3) is 0.333. The highest BCUT2D eigenvalue weighted by atomic mass is 16.5. The molecule has 1 fully saturated rings. The predicted molar refractivity (Wildman–Crippen MR) is 123 cm³/mol. The van der Waals surface area contributed by atoms with Crippen molar-refractivity contribution in [2.24, 2.45) is 11.5 Å². The van der Waals surface area contributed by atoms with Crippen LogP contribution in [0, 0.1) is 0 Å². The van der Waals surface area contributed by atoms with Crippen LogP contribution < -0.4 is 32.8 Å². The molecule has 1 aliphatic rings. The van der Waals surface area contributed by atoms with Crippen LogP contribution in [-0.2, 0) is 11.3 Å². The number of ether oxygens (including phenoxy) is 1. The van der Waals surface area contributed by atoms with Gasteiger partial charge in [-0.3, -0.25) is 9.59 Å². The van der Waals surface area contributed by atoms with Crippen molar-refractivity contribution in [2.45, 2.75) is 13.0 Å². The number of aryl methyl sites for hydroxylation is 1. The number of nitrogens with zero attached hydrogens (tertiary/aromatic N) is 4. The molecule has 0 unspecified atom stereocenters. The van der Waals surface area contributed by atoms with Gasteiger partial charge in [-0.25, -0.2) is 4.98 Å². The maximum atomic E-state index is 12.7.